The molecule has 0 atom stereocenters. The van der Waals surface area contributed by atoms with Crippen molar-refractivity contribution in [3.63, 3.8) is 0 Å². The topological polar surface area (TPSA) is 52.9 Å². The maximum atomic E-state index is 13.5. The minimum atomic E-state index is 0.0423. The zero-order valence-electron chi connectivity index (χ0n) is 17.8. The largest absolute Gasteiger partial charge is 0.497 e. The van der Waals surface area contributed by atoms with Gasteiger partial charge in [-0.1, -0.05) is 6.92 Å². The Morgan fingerprint density at radius 1 is 1.07 bits per heavy atom. The second-order valence-electron chi connectivity index (χ2n) is 7.43. The van der Waals surface area contributed by atoms with Gasteiger partial charge in [0.2, 0.25) is 0 Å². The highest BCUT2D eigenvalue weighted by Crippen LogP contribution is 2.33. The van der Waals surface area contributed by atoms with E-state index in [4.69, 9.17) is 14.2 Å². The van der Waals surface area contributed by atoms with E-state index in [0.29, 0.717) is 32.9 Å². The fraction of sp³-hybridized carbons (Fsp3) is 0.375. The molecule has 1 amide bonds. The van der Waals surface area contributed by atoms with E-state index in [9.17, 15) is 4.79 Å². The molecule has 1 aliphatic heterocycles. The Labute approximate surface area is 176 Å². The molecule has 1 aliphatic rings. The van der Waals surface area contributed by atoms with Crippen molar-refractivity contribution in [3.05, 3.63) is 53.7 Å². The molecular formula is C24H28N2O4. The predicted molar refractivity (Wildman–Crippen MR) is 117 cm³/mol. The van der Waals surface area contributed by atoms with Crippen molar-refractivity contribution >= 4 is 16.8 Å². The molecule has 0 saturated carbocycles. The number of ether oxygens (including phenoxy) is 3. The van der Waals surface area contributed by atoms with E-state index in [1.807, 2.05) is 54.3 Å². The summed E-state index contributed by atoms with van der Waals surface area (Å²) in [5.41, 5.74) is 3.61. The van der Waals surface area contributed by atoms with Crippen molar-refractivity contribution in [2.24, 2.45) is 0 Å². The van der Waals surface area contributed by atoms with Crippen LogP contribution in [0.1, 0.15) is 29.4 Å². The van der Waals surface area contributed by atoms with Crippen LogP contribution >= 0.6 is 0 Å². The Bertz CT molecular complexity index is 1030. The molecule has 0 spiro atoms. The molecule has 158 valence electrons. The van der Waals surface area contributed by atoms with Crippen LogP contribution in [0.5, 0.6) is 11.5 Å². The van der Waals surface area contributed by atoms with Gasteiger partial charge in [0, 0.05) is 29.9 Å². The van der Waals surface area contributed by atoms with Crippen molar-refractivity contribution in [1.29, 1.82) is 0 Å². The van der Waals surface area contributed by atoms with E-state index in [2.05, 4.69) is 11.5 Å². The lowest BCUT2D eigenvalue weighted by atomic mass is 10.1. The standard InChI is InChI=1S/C24H28N2O4/c1-4-13-30-20-9-10-22-21(16-20)23(24(27)25-11-14-29-15-12-25)17(2)26(22)18-5-7-19(28-3)8-6-18/h5-10,16H,4,11-15H2,1-3H3. The zero-order chi connectivity index (χ0) is 21.1. The molecule has 0 bridgehead atoms. The molecule has 6 nitrogen and oxygen atoms in total. The predicted octanol–water partition coefficient (Wildman–Crippen LogP) is 4.21. The van der Waals surface area contributed by atoms with E-state index in [-0.39, 0.29) is 5.91 Å². The number of aromatic nitrogens is 1. The maximum Gasteiger partial charge on any atom is 0.256 e. The first-order chi connectivity index (χ1) is 14.6. The molecule has 0 N–H and O–H groups in total. The molecule has 4 rings (SSSR count). The van der Waals surface area contributed by atoms with Gasteiger partial charge in [0.05, 0.1) is 38.0 Å². The third-order valence-electron chi connectivity index (χ3n) is 5.49. The van der Waals surface area contributed by atoms with E-state index in [1.165, 1.54) is 0 Å². The maximum absolute atomic E-state index is 13.5. The number of amides is 1. The lowest BCUT2D eigenvalue weighted by Gasteiger charge is -2.27. The summed E-state index contributed by atoms with van der Waals surface area (Å²) < 4.78 is 18.7. The molecule has 1 fully saturated rings. The highest BCUT2D eigenvalue weighted by atomic mass is 16.5. The number of rotatable bonds is 6. The Balaban J connectivity index is 1.86. The van der Waals surface area contributed by atoms with Crippen LogP contribution in [0.4, 0.5) is 0 Å². The van der Waals surface area contributed by atoms with Crippen LogP contribution in [0.2, 0.25) is 0 Å². The van der Waals surface area contributed by atoms with Crippen LogP contribution < -0.4 is 9.47 Å². The molecule has 1 saturated heterocycles. The summed E-state index contributed by atoms with van der Waals surface area (Å²) in [7, 11) is 1.66. The highest BCUT2D eigenvalue weighted by Gasteiger charge is 2.26. The van der Waals surface area contributed by atoms with E-state index in [1.54, 1.807) is 7.11 Å². The Morgan fingerprint density at radius 2 is 1.77 bits per heavy atom. The lowest BCUT2D eigenvalue weighted by molar-refractivity contribution is 0.0303. The van der Waals surface area contributed by atoms with Gasteiger partial charge in [-0.15, -0.1) is 0 Å². The zero-order valence-corrected chi connectivity index (χ0v) is 17.8. The quantitative estimate of drug-likeness (QED) is 0.613. The van der Waals surface area contributed by atoms with Crippen molar-refractivity contribution < 1.29 is 19.0 Å². The molecule has 2 heterocycles. The molecule has 0 unspecified atom stereocenters. The highest BCUT2D eigenvalue weighted by molar-refractivity contribution is 6.09. The van der Waals surface area contributed by atoms with Crippen molar-refractivity contribution in [1.82, 2.24) is 9.47 Å². The molecule has 0 radical (unpaired) electrons. The van der Waals surface area contributed by atoms with E-state index >= 15 is 0 Å². The Hall–Kier alpha value is -2.99. The molecule has 1 aromatic heterocycles. The third-order valence-corrected chi connectivity index (χ3v) is 5.49. The smallest absolute Gasteiger partial charge is 0.256 e. The van der Waals surface area contributed by atoms with Gasteiger partial charge in [0.25, 0.3) is 5.91 Å². The lowest BCUT2D eigenvalue weighted by Crippen LogP contribution is -2.40. The van der Waals surface area contributed by atoms with Crippen LogP contribution in [-0.2, 0) is 4.74 Å². The van der Waals surface area contributed by atoms with Crippen LogP contribution in [-0.4, -0.2) is 55.4 Å². The van der Waals surface area contributed by atoms with Crippen LogP contribution in [0.25, 0.3) is 16.6 Å². The minimum Gasteiger partial charge on any atom is -0.497 e. The minimum absolute atomic E-state index is 0.0423. The molecule has 30 heavy (non-hydrogen) atoms. The number of nitrogens with zero attached hydrogens (tertiary/aromatic N) is 2. The van der Waals surface area contributed by atoms with Gasteiger partial charge in [-0.2, -0.15) is 0 Å². The summed E-state index contributed by atoms with van der Waals surface area (Å²) in [5.74, 6) is 1.63. The van der Waals surface area contributed by atoms with Crippen molar-refractivity contribution in [3.8, 4) is 17.2 Å². The number of carbonyl (C=O) groups excluding carboxylic acids is 1. The number of hydrogen-bond donors (Lipinski definition) is 0. The number of hydrogen-bond acceptors (Lipinski definition) is 4. The second-order valence-corrected chi connectivity index (χ2v) is 7.43. The SMILES string of the molecule is CCCOc1ccc2c(c1)c(C(=O)N1CCOCC1)c(C)n2-c1ccc(OC)cc1. The number of carbonyl (C=O) groups is 1. The van der Waals surface area contributed by atoms with Gasteiger partial charge >= 0.3 is 0 Å². The average Bonchev–Trinajstić information content (AvgIpc) is 3.08. The fourth-order valence-electron chi connectivity index (χ4n) is 3.97. The van der Waals surface area contributed by atoms with Crippen LogP contribution in [0.15, 0.2) is 42.5 Å². The van der Waals surface area contributed by atoms with Crippen molar-refractivity contribution in [2.75, 3.05) is 40.0 Å². The number of methoxy groups -OCH3 is 1. The van der Waals surface area contributed by atoms with Gasteiger partial charge in [-0.05, 0) is 55.8 Å². The van der Waals surface area contributed by atoms with Gasteiger partial charge < -0.3 is 23.7 Å². The number of fused-ring (bicyclic) bond motifs is 1. The average molecular weight is 408 g/mol. The number of benzene rings is 2. The molecule has 6 heteroatoms. The van der Waals surface area contributed by atoms with Crippen LogP contribution in [0, 0.1) is 6.92 Å². The first-order valence-electron chi connectivity index (χ1n) is 10.4. The normalized spacial score (nSPS) is 14.2. The molecule has 3 aromatic rings. The van der Waals surface area contributed by atoms with Crippen molar-refractivity contribution in [2.45, 2.75) is 20.3 Å². The van der Waals surface area contributed by atoms with E-state index in [0.717, 1.165) is 45.8 Å². The Kier molecular flexibility index (Phi) is 5.95. The summed E-state index contributed by atoms with van der Waals surface area (Å²) in [6.45, 7) is 7.11. The van der Waals surface area contributed by atoms with Gasteiger partial charge in [0.1, 0.15) is 11.5 Å². The van der Waals surface area contributed by atoms with Gasteiger partial charge in [0.15, 0.2) is 0 Å². The fourth-order valence-corrected chi connectivity index (χ4v) is 3.97. The van der Waals surface area contributed by atoms with Gasteiger partial charge in [-0.3, -0.25) is 4.79 Å². The Morgan fingerprint density at radius 3 is 2.43 bits per heavy atom. The third kappa shape index (κ3) is 3.75. The summed E-state index contributed by atoms with van der Waals surface area (Å²) >= 11 is 0. The second kappa shape index (κ2) is 8.79. The van der Waals surface area contributed by atoms with Crippen LogP contribution in [0.3, 0.4) is 0 Å². The summed E-state index contributed by atoms with van der Waals surface area (Å²) in [5, 5.41) is 0.911. The molecule has 2 aromatic carbocycles. The first kappa shape index (κ1) is 20.3. The molecule has 0 aliphatic carbocycles. The summed E-state index contributed by atoms with van der Waals surface area (Å²) in [6.07, 6.45) is 0.934. The van der Waals surface area contributed by atoms with E-state index < -0.39 is 0 Å². The van der Waals surface area contributed by atoms with Gasteiger partial charge in [-0.25, -0.2) is 0 Å². The summed E-state index contributed by atoms with van der Waals surface area (Å²) in [6, 6.07) is 13.9. The summed E-state index contributed by atoms with van der Waals surface area (Å²) in [4.78, 5) is 15.4. The molecular weight excluding hydrogens is 380 g/mol. The monoisotopic (exact) mass is 408 g/mol. The number of morpholine rings is 1. The first-order valence-corrected chi connectivity index (χ1v) is 10.4.